The second kappa shape index (κ2) is 6.01. The maximum atomic E-state index is 11.8. The highest BCUT2D eigenvalue weighted by Crippen LogP contribution is 2.17. The highest BCUT2D eigenvalue weighted by Gasteiger charge is 2.38. The summed E-state index contributed by atoms with van der Waals surface area (Å²) in [5.74, 6) is 0.123. The van der Waals surface area contributed by atoms with Crippen LogP contribution in [0.1, 0.15) is 12.5 Å². The van der Waals surface area contributed by atoms with E-state index >= 15 is 0 Å². The fourth-order valence-electron chi connectivity index (χ4n) is 1.96. The average molecular weight is 317 g/mol. The maximum Gasteiger partial charge on any atom is 0.317 e. The molecular formula is C13H17ClN2O3S. The number of sulfone groups is 1. The van der Waals surface area contributed by atoms with E-state index in [1.165, 1.54) is 4.90 Å². The molecule has 1 N–H and O–H groups in total. The van der Waals surface area contributed by atoms with Crippen LogP contribution >= 0.6 is 11.6 Å². The number of hydrogen-bond acceptors (Lipinski definition) is 3. The van der Waals surface area contributed by atoms with E-state index in [4.69, 9.17) is 11.6 Å². The van der Waals surface area contributed by atoms with Gasteiger partial charge < -0.3 is 10.2 Å². The van der Waals surface area contributed by atoms with E-state index < -0.39 is 15.1 Å². The molecule has 0 aromatic heterocycles. The zero-order chi connectivity index (χ0) is 14.8. The Balaban J connectivity index is 1.79. The van der Waals surface area contributed by atoms with Crippen LogP contribution in [0.25, 0.3) is 0 Å². The third-order valence-electron chi connectivity index (χ3n) is 3.40. The number of benzene rings is 1. The first kappa shape index (κ1) is 15.1. The second-order valence-electron chi connectivity index (χ2n) is 4.76. The summed E-state index contributed by atoms with van der Waals surface area (Å²) in [6, 6.07) is 6.96. The van der Waals surface area contributed by atoms with Gasteiger partial charge in [-0.1, -0.05) is 30.7 Å². The van der Waals surface area contributed by atoms with Gasteiger partial charge in [-0.3, -0.25) is 0 Å². The Kier molecular flexibility index (Phi) is 4.55. The SMILES string of the molecule is CCS(=O)(=O)C1CN(C(=O)NCc2ccc(Cl)cc2)C1. The average Bonchev–Trinajstić information content (AvgIpc) is 2.36. The topological polar surface area (TPSA) is 66.5 Å². The van der Waals surface area contributed by atoms with Crippen LogP contribution < -0.4 is 5.32 Å². The molecule has 1 aromatic carbocycles. The standard InChI is InChI=1S/C13H17ClN2O3S/c1-2-20(18,19)12-8-16(9-12)13(17)15-7-10-3-5-11(14)6-4-10/h3-6,12H,2,7-9H2,1H3,(H,15,17). The fraction of sp³-hybridized carbons (Fsp3) is 0.462. The van der Waals surface area contributed by atoms with E-state index in [-0.39, 0.29) is 24.9 Å². The zero-order valence-corrected chi connectivity index (χ0v) is 12.7. The summed E-state index contributed by atoms with van der Waals surface area (Å²) in [5, 5.41) is 3.00. The number of carbonyl (C=O) groups is 1. The van der Waals surface area contributed by atoms with Gasteiger partial charge in [0.1, 0.15) is 0 Å². The molecule has 1 aliphatic heterocycles. The van der Waals surface area contributed by atoms with Crippen molar-refractivity contribution in [3.63, 3.8) is 0 Å². The summed E-state index contributed by atoms with van der Waals surface area (Å²) >= 11 is 5.78. The van der Waals surface area contributed by atoms with Crippen molar-refractivity contribution in [1.29, 1.82) is 0 Å². The molecular weight excluding hydrogens is 300 g/mol. The van der Waals surface area contributed by atoms with Gasteiger partial charge in [-0.2, -0.15) is 0 Å². The van der Waals surface area contributed by atoms with Crippen LogP contribution in [0.5, 0.6) is 0 Å². The molecule has 1 fully saturated rings. The Labute approximate surface area is 123 Å². The minimum Gasteiger partial charge on any atom is -0.334 e. The van der Waals surface area contributed by atoms with Crippen LogP contribution in [0.4, 0.5) is 4.79 Å². The molecule has 1 aromatic rings. The number of hydrogen-bond donors (Lipinski definition) is 1. The molecule has 2 rings (SSSR count). The molecule has 0 bridgehead atoms. The van der Waals surface area contributed by atoms with Crippen LogP contribution in [-0.2, 0) is 16.4 Å². The maximum absolute atomic E-state index is 11.8. The number of carbonyl (C=O) groups excluding carboxylic acids is 1. The lowest BCUT2D eigenvalue weighted by atomic mass is 10.2. The van der Waals surface area contributed by atoms with Crippen molar-refractivity contribution in [3.8, 4) is 0 Å². The molecule has 0 aliphatic carbocycles. The number of urea groups is 1. The van der Waals surface area contributed by atoms with Crippen LogP contribution in [0, 0.1) is 0 Å². The van der Waals surface area contributed by atoms with Gasteiger partial charge in [-0.25, -0.2) is 13.2 Å². The number of nitrogens with one attached hydrogen (secondary N) is 1. The van der Waals surface area contributed by atoms with Gasteiger partial charge in [0.05, 0.1) is 5.25 Å². The number of halogens is 1. The molecule has 7 heteroatoms. The first-order valence-corrected chi connectivity index (χ1v) is 8.50. The largest absolute Gasteiger partial charge is 0.334 e. The van der Waals surface area contributed by atoms with Crippen molar-refractivity contribution >= 4 is 27.5 Å². The van der Waals surface area contributed by atoms with Crippen LogP contribution in [0.15, 0.2) is 24.3 Å². The van der Waals surface area contributed by atoms with Crippen molar-refractivity contribution in [2.24, 2.45) is 0 Å². The highest BCUT2D eigenvalue weighted by molar-refractivity contribution is 7.92. The molecule has 2 amide bonds. The quantitative estimate of drug-likeness (QED) is 0.919. The lowest BCUT2D eigenvalue weighted by Crippen LogP contribution is -2.59. The first-order chi connectivity index (χ1) is 9.42. The van der Waals surface area contributed by atoms with Gasteiger partial charge >= 0.3 is 6.03 Å². The van der Waals surface area contributed by atoms with E-state index in [1.807, 2.05) is 12.1 Å². The van der Waals surface area contributed by atoms with Gasteiger partial charge in [0.25, 0.3) is 0 Å². The van der Waals surface area contributed by atoms with E-state index in [9.17, 15) is 13.2 Å². The number of likely N-dealkylation sites (tertiary alicyclic amines) is 1. The zero-order valence-electron chi connectivity index (χ0n) is 11.2. The molecule has 5 nitrogen and oxygen atoms in total. The summed E-state index contributed by atoms with van der Waals surface area (Å²) in [7, 11) is -3.04. The Morgan fingerprint density at radius 3 is 2.50 bits per heavy atom. The van der Waals surface area contributed by atoms with Crippen molar-refractivity contribution in [1.82, 2.24) is 10.2 Å². The van der Waals surface area contributed by atoms with Gasteiger partial charge in [-0.15, -0.1) is 0 Å². The summed E-state index contributed by atoms with van der Waals surface area (Å²) in [5.41, 5.74) is 0.945. The smallest absolute Gasteiger partial charge is 0.317 e. The summed E-state index contributed by atoms with van der Waals surface area (Å²) in [6.45, 7) is 2.58. The number of rotatable bonds is 4. The van der Waals surface area contributed by atoms with E-state index in [0.29, 0.717) is 11.6 Å². The molecule has 0 saturated carbocycles. The third-order valence-corrected chi connectivity index (χ3v) is 5.77. The van der Waals surface area contributed by atoms with Gasteiger partial charge in [0, 0.05) is 30.4 Å². The molecule has 1 aliphatic rings. The molecule has 1 saturated heterocycles. The summed E-state index contributed by atoms with van der Waals surface area (Å²) in [6.07, 6.45) is 0. The van der Waals surface area contributed by atoms with Crippen molar-refractivity contribution in [2.45, 2.75) is 18.7 Å². The summed E-state index contributed by atoms with van der Waals surface area (Å²) in [4.78, 5) is 13.3. The van der Waals surface area contributed by atoms with Crippen LogP contribution in [0.3, 0.4) is 0 Å². The minimum absolute atomic E-state index is 0.123. The van der Waals surface area contributed by atoms with Gasteiger partial charge in [0.2, 0.25) is 0 Å². The molecule has 20 heavy (non-hydrogen) atoms. The van der Waals surface area contributed by atoms with Crippen molar-refractivity contribution < 1.29 is 13.2 Å². The number of amides is 2. The minimum atomic E-state index is -3.04. The molecule has 0 radical (unpaired) electrons. The predicted molar refractivity (Wildman–Crippen MR) is 78.5 cm³/mol. The third kappa shape index (κ3) is 3.43. The van der Waals surface area contributed by atoms with E-state index in [0.717, 1.165) is 5.56 Å². The molecule has 0 spiro atoms. The van der Waals surface area contributed by atoms with E-state index in [2.05, 4.69) is 5.32 Å². The first-order valence-electron chi connectivity index (χ1n) is 6.41. The Hall–Kier alpha value is -1.27. The molecule has 0 unspecified atom stereocenters. The van der Waals surface area contributed by atoms with Gasteiger partial charge in [-0.05, 0) is 17.7 Å². The highest BCUT2D eigenvalue weighted by atomic mass is 35.5. The van der Waals surface area contributed by atoms with Crippen molar-refractivity contribution in [2.75, 3.05) is 18.8 Å². The molecule has 110 valence electrons. The monoisotopic (exact) mass is 316 g/mol. The Morgan fingerprint density at radius 2 is 1.95 bits per heavy atom. The normalized spacial score (nSPS) is 15.8. The van der Waals surface area contributed by atoms with Crippen molar-refractivity contribution in [3.05, 3.63) is 34.9 Å². The Morgan fingerprint density at radius 1 is 1.35 bits per heavy atom. The molecule has 0 atom stereocenters. The van der Waals surface area contributed by atoms with Crippen LogP contribution in [0.2, 0.25) is 5.02 Å². The lowest BCUT2D eigenvalue weighted by Gasteiger charge is -2.38. The Bertz CT molecular complexity index is 580. The summed E-state index contributed by atoms with van der Waals surface area (Å²) < 4.78 is 23.2. The van der Waals surface area contributed by atoms with E-state index in [1.54, 1.807) is 19.1 Å². The predicted octanol–water partition coefficient (Wildman–Crippen LogP) is 1.67. The fourth-order valence-corrected chi connectivity index (χ4v) is 3.37. The van der Waals surface area contributed by atoms with Gasteiger partial charge in [0.15, 0.2) is 9.84 Å². The lowest BCUT2D eigenvalue weighted by molar-refractivity contribution is 0.169. The number of nitrogens with zero attached hydrogens (tertiary/aromatic N) is 1. The molecule has 1 heterocycles. The second-order valence-corrected chi connectivity index (χ2v) is 7.77. The van der Waals surface area contributed by atoms with Crippen LogP contribution in [-0.4, -0.2) is 43.4 Å².